The number of nitrogens with two attached hydrogens (primary N) is 1. The minimum absolute atomic E-state index is 0. The van der Waals surface area contributed by atoms with E-state index in [2.05, 4.69) is 52.0 Å². The zero-order valence-electron chi connectivity index (χ0n) is 10.1. The molecule has 0 bridgehead atoms. The van der Waals surface area contributed by atoms with Crippen molar-refractivity contribution < 1.29 is 0 Å². The number of hydrogen-bond donors (Lipinski definition) is 1. The molecule has 1 rings (SSSR count). The van der Waals surface area contributed by atoms with Crippen molar-refractivity contribution in [2.75, 3.05) is 0 Å². The summed E-state index contributed by atoms with van der Waals surface area (Å²) in [6, 6.07) is 8.54. The zero-order valence-corrected chi connectivity index (χ0v) is 10.9. The van der Waals surface area contributed by atoms with E-state index in [-0.39, 0.29) is 18.4 Å². The van der Waals surface area contributed by atoms with Gasteiger partial charge in [-0.25, -0.2) is 0 Å². The quantitative estimate of drug-likeness (QED) is 0.816. The van der Waals surface area contributed by atoms with E-state index in [0.717, 1.165) is 6.42 Å². The van der Waals surface area contributed by atoms with E-state index in [1.165, 1.54) is 11.1 Å². The van der Waals surface area contributed by atoms with E-state index in [1.54, 1.807) is 0 Å². The first-order valence-electron chi connectivity index (χ1n) is 5.21. The molecule has 1 unspecified atom stereocenters. The van der Waals surface area contributed by atoms with Gasteiger partial charge >= 0.3 is 0 Å². The van der Waals surface area contributed by atoms with Crippen molar-refractivity contribution >= 4 is 12.4 Å². The van der Waals surface area contributed by atoms with Gasteiger partial charge in [-0.15, -0.1) is 12.4 Å². The highest BCUT2D eigenvalue weighted by Gasteiger charge is 2.17. The third-order valence-electron chi connectivity index (χ3n) is 2.42. The van der Waals surface area contributed by atoms with Crippen LogP contribution in [0.25, 0.3) is 0 Å². The van der Waals surface area contributed by atoms with Crippen molar-refractivity contribution in [1.29, 1.82) is 0 Å². The lowest BCUT2D eigenvalue weighted by Crippen LogP contribution is -2.19. The van der Waals surface area contributed by atoms with Crippen LogP contribution in [0.1, 0.15) is 44.4 Å². The molecule has 0 heterocycles. The predicted molar refractivity (Wildman–Crippen MR) is 69.4 cm³/mol. The summed E-state index contributed by atoms with van der Waals surface area (Å²) >= 11 is 0. The third kappa shape index (κ3) is 4.67. The first-order valence-corrected chi connectivity index (χ1v) is 5.21. The van der Waals surface area contributed by atoms with Gasteiger partial charge in [-0.2, -0.15) is 0 Å². The van der Waals surface area contributed by atoms with Crippen molar-refractivity contribution in [3.63, 3.8) is 0 Å². The largest absolute Gasteiger partial charge is 0.324 e. The van der Waals surface area contributed by atoms with Gasteiger partial charge in [-0.3, -0.25) is 0 Å². The summed E-state index contributed by atoms with van der Waals surface area (Å²) in [5, 5.41) is 0. The molecule has 0 aliphatic heterocycles. The number of hydrogen-bond acceptors (Lipinski definition) is 1. The fourth-order valence-electron chi connectivity index (χ4n) is 1.77. The van der Waals surface area contributed by atoms with Gasteiger partial charge in [0.15, 0.2) is 0 Å². The lowest BCUT2D eigenvalue weighted by atomic mass is 9.85. The van der Waals surface area contributed by atoms with Gasteiger partial charge in [0.1, 0.15) is 0 Å². The van der Waals surface area contributed by atoms with Crippen LogP contribution < -0.4 is 5.73 Å². The highest BCUT2D eigenvalue weighted by atomic mass is 35.5. The molecule has 0 aliphatic carbocycles. The lowest BCUT2D eigenvalue weighted by molar-refractivity contribution is 0.342. The summed E-state index contributed by atoms with van der Waals surface area (Å²) in [6.07, 6.45) is 1.03. The van der Waals surface area contributed by atoms with Crippen molar-refractivity contribution in [2.45, 2.75) is 40.2 Å². The minimum Gasteiger partial charge on any atom is -0.324 e. The van der Waals surface area contributed by atoms with E-state index < -0.39 is 0 Å². The van der Waals surface area contributed by atoms with Crippen LogP contribution >= 0.6 is 12.4 Å². The second-order valence-electron chi connectivity index (χ2n) is 5.23. The number of aryl methyl sites for hydroxylation is 1. The van der Waals surface area contributed by atoms with E-state index >= 15 is 0 Å². The van der Waals surface area contributed by atoms with Crippen LogP contribution in [-0.2, 0) is 0 Å². The first kappa shape index (κ1) is 14.5. The average molecular weight is 228 g/mol. The third-order valence-corrected chi connectivity index (χ3v) is 2.42. The summed E-state index contributed by atoms with van der Waals surface area (Å²) in [7, 11) is 0. The molecule has 1 aromatic carbocycles. The second kappa shape index (κ2) is 5.53. The molecule has 1 nitrogen and oxygen atoms in total. The van der Waals surface area contributed by atoms with Crippen molar-refractivity contribution in [3.8, 4) is 0 Å². The maximum absolute atomic E-state index is 6.18. The van der Waals surface area contributed by atoms with Gasteiger partial charge in [-0.1, -0.05) is 45.0 Å². The highest BCUT2D eigenvalue weighted by Crippen LogP contribution is 2.28. The Morgan fingerprint density at radius 3 is 2.20 bits per heavy atom. The highest BCUT2D eigenvalue weighted by molar-refractivity contribution is 5.85. The van der Waals surface area contributed by atoms with E-state index in [1.807, 2.05) is 0 Å². The molecule has 1 atom stereocenters. The standard InChI is InChI=1S/C13H21N.ClH/c1-10-7-5-6-8-11(10)12(14)9-13(2,3)4;/h5-8,12H,9,14H2,1-4H3;1H. The molecule has 15 heavy (non-hydrogen) atoms. The average Bonchev–Trinajstić information content (AvgIpc) is 2.01. The molecule has 0 saturated carbocycles. The number of benzene rings is 1. The van der Waals surface area contributed by atoms with Crippen LogP contribution in [0.15, 0.2) is 24.3 Å². The molecule has 0 fully saturated rings. The molecule has 0 radical (unpaired) electrons. The smallest absolute Gasteiger partial charge is 0.0302 e. The Morgan fingerprint density at radius 2 is 1.73 bits per heavy atom. The maximum Gasteiger partial charge on any atom is 0.0302 e. The first-order chi connectivity index (χ1) is 6.40. The van der Waals surface area contributed by atoms with Crippen LogP contribution in [0.5, 0.6) is 0 Å². The SMILES string of the molecule is Cc1ccccc1C(N)CC(C)(C)C.Cl. The Balaban J connectivity index is 0.00000196. The Labute approximate surface area is 99.5 Å². The van der Waals surface area contributed by atoms with Crippen LogP contribution in [0, 0.1) is 12.3 Å². The summed E-state index contributed by atoms with van der Waals surface area (Å²) in [5.74, 6) is 0. The molecule has 0 spiro atoms. The second-order valence-corrected chi connectivity index (χ2v) is 5.23. The Morgan fingerprint density at radius 1 is 1.20 bits per heavy atom. The summed E-state index contributed by atoms with van der Waals surface area (Å²) in [4.78, 5) is 0. The molecule has 0 aliphatic rings. The molecule has 2 heteroatoms. The van der Waals surface area contributed by atoms with Crippen molar-refractivity contribution in [3.05, 3.63) is 35.4 Å². The molecule has 0 aromatic heterocycles. The van der Waals surface area contributed by atoms with Crippen LogP contribution in [0.3, 0.4) is 0 Å². The zero-order chi connectivity index (χ0) is 10.8. The van der Waals surface area contributed by atoms with Crippen LogP contribution in [-0.4, -0.2) is 0 Å². The van der Waals surface area contributed by atoms with Gasteiger partial charge in [0.25, 0.3) is 0 Å². The summed E-state index contributed by atoms with van der Waals surface area (Å²) in [5.41, 5.74) is 9.05. The molecular weight excluding hydrogens is 206 g/mol. The van der Waals surface area contributed by atoms with Crippen molar-refractivity contribution in [1.82, 2.24) is 0 Å². The van der Waals surface area contributed by atoms with E-state index in [4.69, 9.17) is 5.73 Å². The molecule has 0 saturated heterocycles. The van der Waals surface area contributed by atoms with Gasteiger partial charge in [0, 0.05) is 6.04 Å². The molecular formula is C13H22ClN. The molecule has 0 amide bonds. The van der Waals surface area contributed by atoms with Gasteiger partial charge in [0.05, 0.1) is 0 Å². The predicted octanol–water partition coefficient (Wildman–Crippen LogP) is 3.85. The monoisotopic (exact) mass is 227 g/mol. The Hall–Kier alpha value is -0.530. The van der Waals surface area contributed by atoms with E-state index in [0.29, 0.717) is 5.41 Å². The lowest BCUT2D eigenvalue weighted by Gasteiger charge is -2.24. The summed E-state index contributed by atoms with van der Waals surface area (Å²) in [6.45, 7) is 8.80. The van der Waals surface area contributed by atoms with Gasteiger partial charge < -0.3 is 5.73 Å². The van der Waals surface area contributed by atoms with E-state index in [9.17, 15) is 0 Å². The normalized spacial score (nSPS) is 13.1. The fraction of sp³-hybridized carbons (Fsp3) is 0.538. The van der Waals surface area contributed by atoms with Gasteiger partial charge in [-0.05, 0) is 29.9 Å². The molecule has 2 N–H and O–H groups in total. The number of rotatable bonds is 2. The van der Waals surface area contributed by atoms with Crippen LogP contribution in [0.4, 0.5) is 0 Å². The Kier molecular flexibility index (Phi) is 5.33. The fourth-order valence-corrected chi connectivity index (χ4v) is 1.77. The summed E-state index contributed by atoms with van der Waals surface area (Å²) < 4.78 is 0. The number of halogens is 1. The minimum atomic E-state index is 0. The van der Waals surface area contributed by atoms with Crippen LogP contribution in [0.2, 0.25) is 0 Å². The molecule has 86 valence electrons. The molecule has 1 aromatic rings. The topological polar surface area (TPSA) is 26.0 Å². The van der Waals surface area contributed by atoms with Crippen molar-refractivity contribution in [2.24, 2.45) is 11.1 Å². The van der Waals surface area contributed by atoms with Gasteiger partial charge in [0.2, 0.25) is 0 Å². The Bertz CT molecular complexity index is 302. The maximum atomic E-state index is 6.18.